The summed E-state index contributed by atoms with van der Waals surface area (Å²) in [4.78, 5) is 12.0. The highest BCUT2D eigenvalue weighted by Crippen LogP contribution is 2.29. The van der Waals surface area contributed by atoms with E-state index in [0.29, 0.717) is 5.75 Å². The molecule has 2 nitrogen and oxygen atoms in total. The summed E-state index contributed by atoms with van der Waals surface area (Å²) in [5.74, 6) is -0.423. The Morgan fingerprint density at radius 1 is 1.39 bits per heavy atom. The first-order valence-corrected chi connectivity index (χ1v) is 7.17. The van der Waals surface area contributed by atoms with Gasteiger partial charge in [0.15, 0.2) is 0 Å². The van der Waals surface area contributed by atoms with Gasteiger partial charge in [0.1, 0.15) is 0 Å². The highest BCUT2D eigenvalue weighted by atomic mass is 32.2. The van der Waals surface area contributed by atoms with Crippen molar-refractivity contribution in [2.45, 2.75) is 44.9 Å². The maximum absolute atomic E-state index is 10.8. The van der Waals surface area contributed by atoms with Crippen LogP contribution in [-0.2, 0) is 10.2 Å². The monoisotopic (exact) mass is 266 g/mol. The second-order valence-electron chi connectivity index (χ2n) is 5.78. The Bertz CT molecular complexity index is 433. The minimum absolute atomic E-state index is 0.155. The van der Waals surface area contributed by atoms with Gasteiger partial charge < -0.3 is 5.11 Å². The van der Waals surface area contributed by atoms with Crippen LogP contribution in [0.3, 0.4) is 0 Å². The number of hydrogen-bond donors (Lipinski definition) is 1. The molecule has 0 aliphatic rings. The van der Waals surface area contributed by atoms with Crippen LogP contribution in [0.25, 0.3) is 0 Å². The largest absolute Gasteiger partial charge is 0.481 e. The molecule has 0 aliphatic carbocycles. The van der Waals surface area contributed by atoms with Gasteiger partial charge in [-0.15, -0.1) is 11.8 Å². The van der Waals surface area contributed by atoms with Crippen LogP contribution >= 0.6 is 11.8 Å². The zero-order valence-electron chi connectivity index (χ0n) is 11.8. The Hall–Kier alpha value is -0.960. The van der Waals surface area contributed by atoms with Gasteiger partial charge >= 0.3 is 5.97 Å². The molecule has 0 radical (unpaired) electrons. The number of hydrogen-bond acceptors (Lipinski definition) is 2. The van der Waals surface area contributed by atoms with E-state index in [1.807, 2.05) is 0 Å². The minimum Gasteiger partial charge on any atom is -0.481 e. The molecule has 0 saturated heterocycles. The van der Waals surface area contributed by atoms with Gasteiger partial charge in [0.05, 0.1) is 5.92 Å². The van der Waals surface area contributed by atoms with E-state index in [0.717, 1.165) is 0 Å². The molecule has 1 unspecified atom stereocenters. The molecule has 0 aromatic heterocycles. The normalized spacial score (nSPS) is 13.4. The van der Waals surface area contributed by atoms with Gasteiger partial charge in [-0.25, -0.2) is 0 Å². The van der Waals surface area contributed by atoms with Crippen molar-refractivity contribution in [3.8, 4) is 0 Å². The summed E-state index contributed by atoms with van der Waals surface area (Å²) in [6, 6.07) is 6.45. The van der Waals surface area contributed by atoms with Crippen LogP contribution in [0.5, 0.6) is 0 Å². The number of thioether (sulfide) groups is 1. The molecule has 1 aromatic rings. The molecule has 100 valence electrons. The van der Waals surface area contributed by atoms with Gasteiger partial charge in [0.2, 0.25) is 0 Å². The third-order valence-corrected chi connectivity index (χ3v) is 4.39. The molecule has 1 aromatic carbocycles. The number of carboxylic acid groups (broad SMARTS) is 1. The van der Waals surface area contributed by atoms with E-state index in [-0.39, 0.29) is 11.3 Å². The zero-order valence-corrected chi connectivity index (χ0v) is 12.6. The predicted octanol–water partition coefficient (Wildman–Crippen LogP) is 4.11. The Kier molecular flexibility index (Phi) is 4.85. The van der Waals surface area contributed by atoms with E-state index in [4.69, 9.17) is 5.11 Å². The van der Waals surface area contributed by atoms with Crippen molar-refractivity contribution in [3.63, 3.8) is 0 Å². The van der Waals surface area contributed by atoms with E-state index >= 15 is 0 Å². The lowest BCUT2D eigenvalue weighted by Gasteiger charge is -2.20. The van der Waals surface area contributed by atoms with Crippen molar-refractivity contribution >= 4 is 17.7 Å². The Balaban J connectivity index is 2.78. The van der Waals surface area contributed by atoms with Gasteiger partial charge in [-0.05, 0) is 29.5 Å². The van der Waals surface area contributed by atoms with Crippen molar-refractivity contribution in [1.82, 2.24) is 0 Å². The minimum atomic E-state index is -0.730. The van der Waals surface area contributed by atoms with E-state index < -0.39 is 5.97 Å². The predicted molar refractivity (Wildman–Crippen MR) is 77.4 cm³/mol. The van der Waals surface area contributed by atoms with E-state index in [1.165, 1.54) is 16.0 Å². The van der Waals surface area contributed by atoms with Gasteiger partial charge in [0, 0.05) is 10.6 Å². The molecule has 1 rings (SSSR count). The quantitative estimate of drug-likeness (QED) is 0.833. The summed E-state index contributed by atoms with van der Waals surface area (Å²) in [5, 5.41) is 8.87. The van der Waals surface area contributed by atoms with Crippen LogP contribution < -0.4 is 0 Å². The molecule has 3 heteroatoms. The molecule has 1 N–H and O–H groups in total. The lowest BCUT2D eigenvalue weighted by atomic mass is 9.86. The van der Waals surface area contributed by atoms with Crippen molar-refractivity contribution in [2.75, 3.05) is 5.75 Å². The first-order valence-electron chi connectivity index (χ1n) is 6.18. The van der Waals surface area contributed by atoms with Gasteiger partial charge in [-0.2, -0.15) is 0 Å². The van der Waals surface area contributed by atoms with Gasteiger partial charge in [0.25, 0.3) is 0 Å². The molecule has 0 amide bonds. The van der Waals surface area contributed by atoms with E-state index in [2.05, 4.69) is 45.9 Å². The molecule has 18 heavy (non-hydrogen) atoms. The van der Waals surface area contributed by atoms with E-state index in [1.54, 1.807) is 18.7 Å². The molecule has 0 aliphatic heterocycles. The second kappa shape index (κ2) is 5.79. The summed E-state index contributed by atoms with van der Waals surface area (Å²) in [5.41, 5.74) is 2.70. The van der Waals surface area contributed by atoms with Crippen LogP contribution in [0.4, 0.5) is 0 Å². The maximum atomic E-state index is 10.8. The van der Waals surface area contributed by atoms with Crippen LogP contribution in [0.1, 0.15) is 38.8 Å². The molecule has 0 spiro atoms. The van der Waals surface area contributed by atoms with Crippen LogP contribution in [0.2, 0.25) is 0 Å². The Morgan fingerprint density at radius 2 is 2.00 bits per heavy atom. The van der Waals surface area contributed by atoms with Crippen molar-refractivity contribution in [1.29, 1.82) is 0 Å². The third kappa shape index (κ3) is 4.05. The number of carbonyl (C=O) groups is 1. The van der Waals surface area contributed by atoms with Crippen LogP contribution in [0.15, 0.2) is 23.1 Å². The average molecular weight is 266 g/mol. The molecular formula is C15H22O2S. The van der Waals surface area contributed by atoms with Crippen molar-refractivity contribution in [3.05, 3.63) is 29.3 Å². The van der Waals surface area contributed by atoms with Crippen LogP contribution in [0, 0.1) is 12.8 Å². The fourth-order valence-electron chi connectivity index (χ4n) is 1.56. The van der Waals surface area contributed by atoms with Crippen LogP contribution in [-0.4, -0.2) is 16.8 Å². The maximum Gasteiger partial charge on any atom is 0.307 e. The summed E-state index contributed by atoms with van der Waals surface area (Å²) in [6.45, 7) is 10.4. The fraction of sp³-hybridized carbons (Fsp3) is 0.533. The first kappa shape index (κ1) is 15.1. The third-order valence-electron chi connectivity index (χ3n) is 2.95. The molecule has 0 bridgehead atoms. The van der Waals surface area contributed by atoms with Gasteiger partial charge in [-0.1, -0.05) is 39.8 Å². The van der Waals surface area contributed by atoms with Gasteiger partial charge in [-0.3, -0.25) is 4.79 Å². The topological polar surface area (TPSA) is 37.3 Å². The Labute approximate surface area is 114 Å². The summed E-state index contributed by atoms with van der Waals surface area (Å²) < 4.78 is 0. The summed E-state index contributed by atoms with van der Waals surface area (Å²) >= 11 is 1.62. The number of rotatable bonds is 4. The van der Waals surface area contributed by atoms with Crippen molar-refractivity contribution in [2.24, 2.45) is 5.92 Å². The number of carboxylic acids is 1. The number of aliphatic carboxylic acids is 1. The standard InChI is InChI=1S/C15H22O2S/c1-10-8-12(15(3,4)5)6-7-13(10)18-9-11(2)14(16)17/h6-8,11H,9H2,1-5H3,(H,16,17). The number of benzene rings is 1. The second-order valence-corrected chi connectivity index (χ2v) is 6.84. The zero-order chi connectivity index (χ0) is 13.9. The summed E-state index contributed by atoms with van der Waals surface area (Å²) in [7, 11) is 0. The fourth-order valence-corrected chi connectivity index (χ4v) is 2.59. The Morgan fingerprint density at radius 3 is 2.44 bits per heavy atom. The SMILES string of the molecule is Cc1cc(C(C)(C)C)ccc1SCC(C)C(=O)O. The summed E-state index contributed by atoms with van der Waals surface area (Å²) in [6.07, 6.45) is 0. The first-order chi connectivity index (χ1) is 8.21. The highest BCUT2D eigenvalue weighted by Gasteiger charge is 2.16. The number of aryl methyl sites for hydroxylation is 1. The highest BCUT2D eigenvalue weighted by molar-refractivity contribution is 7.99. The molecular weight excluding hydrogens is 244 g/mol. The van der Waals surface area contributed by atoms with Crippen molar-refractivity contribution < 1.29 is 9.90 Å². The lowest BCUT2D eigenvalue weighted by Crippen LogP contribution is -2.12. The molecule has 0 heterocycles. The van der Waals surface area contributed by atoms with E-state index in [9.17, 15) is 4.79 Å². The molecule has 0 fully saturated rings. The lowest BCUT2D eigenvalue weighted by molar-refractivity contribution is -0.140. The molecule has 1 atom stereocenters. The smallest absolute Gasteiger partial charge is 0.307 e. The average Bonchev–Trinajstić information content (AvgIpc) is 2.25. The molecule has 0 saturated carbocycles.